The van der Waals surface area contributed by atoms with E-state index in [1.54, 1.807) is 0 Å². The van der Waals surface area contributed by atoms with Crippen molar-refractivity contribution in [3.05, 3.63) is 0 Å². The first-order chi connectivity index (χ1) is 6.68. The van der Waals surface area contributed by atoms with Gasteiger partial charge in [-0.05, 0) is 6.92 Å². The van der Waals surface area contributed by atoms with E-state index in [9.17, 15) is 26.3 Å². The van der Waals surface area contributed by atoms with Gasteiger partial charge in [-0.1, -0.05) is 0 Å². The van der Waals surface area contributed by atoms with Crippen molar-refractivity contribution in [2.24, 2.45) is 5.10 Å². The number of halogens is 6. The Hall–Kier alpha value is -1.15. The van der Waals surface area contributed by atoms with Crippen molar-refractivity contribution >= 4 is 6.34 Å². The number of hydrogen-bond donors (Lipinski definition) is 0. The largest absolute Gasteiger partial charge is 0.487 e. The van der Waals surface area contributed by atoms with E-state index in [0.717, 1.165) is 0 Å². The summed E-state index contributed by atoms with van der Waals surface area (Å²) in [6, 6.07) is 0. The molecule has 0 aromatic heterocycles. The van der Waals surface area contributed by atoms with Gasteiger partial charge in [0, 0.05) is 6.54 Å². The first-order valence-corrected chi connectivity index (χ1v) is 3.90. The molecule has 15 heavy (non-hydrogen) atoms. The summed E-state index contributed by atoms with van der Waals surface area (Å²) in [5.41, 5.74) is 0. The third-order valence-electron chi connectivity index (χ3n) is 1.78. The van der Waals surface area contributed by atoms with Crippen LogP contribution >= 0.6 is 0 Å². The standard InChI is InChI=1S/C6H7F6N3/c1-2-15-4(5(7,8)9)14(3-13-15)6(10,11)12/h3-4H,2H2,1H3. The summed E-state index contributed by atoms with van der Waals surface area (Å²) in [6.45, 7) is 1.03. The second kappa shape index (κ2) is 3.46. The Bertz CT molecular complexity index is 257. The summed E-state index contributed by atoms with van der Waals surface area (Å²) < 4.78 is 73.4. The summed E-state index contributed by atoms with van der Waals surface area (Å²) >= 11 is 0. The van der Waals surface area contributed by atoms with Crippen LogP contribution in [0.5, 0.6) is 0 Å². The summed E-state index contributed by atoms with van der Waals surface area (Å²) in [7, 11) is 0. The van der Waals surface area contributed by atoms with Crippen molar-refractivity contribution in [3.8, 4) is 0 Å². The van der Waals surface area contributed by atoms with Crippen LogP contribution in [-0.4, -0.2) is 41.4 Å². The van der Waals surface area contributed by atoms with E-state index in [0.29, 0.717) is 5.01 Å². The van der Waals surface area contributed by atoms with E-state index in [1.165, 1.54) is 6.92 Å². The van der Waals surface area contributed by atoms with Crippen LogP contribution in [0.15, 0.2) is 5.10 Å². The fourth-order valence-electron chi connectivity index (χ4n) is 1.18. The lowest BCUT2D eigenvalue weighted by atomic mass is 10.4. The van der Waals surface area contributed by atoms with E-state index in [1.807, 2.05) is 0 Å². The smallest absolute Gasteiger partial charge is 0.264 e. The Morgan fingerprint density at radius 1 is 1.20 bits per heavy atom. The number of rotatable bonds is 1. The molecule has 0 aliphatic carbocycles. The van der Waals surface area contributed by atoms with Gasteiger partial charge in [0.05, 0.1) is 0 Å². The van der Waals surface area contributed by atoms with Crippen molar-refractivity contribution in [3.63, 3.8) is 0 Å². The van der Waals surface area contributed by atoms with E-state index in [-0.39, 0.29) is 12.9 Å². The Balaban J connectivity index is 2.96. The van der Waals surface area contributed by atoms with Crippen LogP contribution in [0, 0.1) is 0 Å². The highest BCUT2D eigenvalue weighted by molar-refractivity contribution is 5.57. The highest BCUT2D eigenvalue weighted by Gasteiger charge is 2.57. The zero-order valence-corrected chi connectivity index (χ0v) is 7.47. The van der Waals surface area contributed by atoms with E-state index in [2.05, 4.69) is 5.10 Å². The molecule has 0 radical (unpaired) electrons. The first-order valence-electron chi connectivity index (χ1n) is 3.90. The molecule has 88 valence electrons. The van der Waals surface area contributed by atoms with Crippen molar-refractivity contribution < 1.29 is 26.3 Å². The monoisotopic (exact) mass is 235 g/mol. The van der Waals surface area contributed by atoms with E-state index >= 15 is 0 Å². The summed E-state index contributed by atoms with van der Waals surface area (Å²) in [5.74, 6) is 0. The minimum atomic E-state index is -5.09. The number of nitrogens with zero attached hydrogens (tertiary/aromatic N) is 3. The topological polar surface area (TPSA) is 18.8 Å². The molecular formula is C6H7F6N3. The number of hydrazone groups is 1. The van der Waals surface area contributed by atoms with Gasteiger partial charge in [-0.3, -0.25) is 5.01 Å². The predicted molar refractivity (Wildman–Crippen MR) is 38.6 cm³/mol. The van der Waals surface area contributed by atoms with Crippen LogP contribution in [0.25, 0.3) is 0 Å². The molecule has 3 nitrogen and oxygen atoms in total. The molecule has 0 aromatic carbocycles. The molecule has 0 fully saturated rings. The second-order valence-electron chi connectivity index (χ2n) is 2.78. The highest BCUT2D eigenvalue weighted by atomic mass is 19.4. The summed E-state index contributed by atoms with van der Waals surface area (Å²) in [5, 5.41) is 3.37. The molecule has 9 heteroatoms. The maximum absolute atomic E-state index is 12.3. The average Bonchev–Trinajstić information content (AvgIpc) is 2.44. The molecule has 0 saturated carbocycles. The third-order valence-corrected chi connectivity index (χ3v) is 1.78. The lowest BCUT2D eigenvalue weighted by Gasteiger charge is -2.32. The zero-order chi connectivity index (χ0) is 11.9. The lowest BCUT2D eigenvalue weighted by molar-refractivity contribution is -0.291. The van der Waals surface area contributed by atoms with Gasteiger partial charge in [-0.25, -0.2) is 4.90 Å². The molecule has 1 aliphatic heterocycles. The molecule has 1 unspecified atom stereocenters. The molecular weight excluding hydrogens is 228 g/mol. The minimum Gasteiger partial charge on any atom is -0.264 e. The van der Waals surface area contributed by atoms with Crippen LogP contribution in [0.3, 0.4) is 0 Å². The van der Waals surface area contributed by atoms with Gasteiger partial charge >= 0.3 is 12.5 Å². The Labute approximate surface area is 80.9 Å². The molecule has 0 bridgehead atoms. The Kier molecular flexibility index (Phi) is 2.75. The van der Waals surface area contributed by atoms with Crippen molar-refractivity contribution in [1.82, 2.24) is 9.91 Å². The van der Waals surface area contributed by atoms with Gasteiger partial charge in [0.25, 0.3) is 0 Å². The minimum absolute atomic E-state index is 0.141. The summed E-state index contributed by atoms with van der Waals surface area (Å²) in [4.78, 5) is -0.767. The molecule has 0 amide bonds. The highest BCUT2D eigenvalue weighted by Crippen LogP contribution is 2.36. The van der Waals surface area contributed by atoms with Gasteiger partial charge in [-0.15, -0.1) is 13.2 Å². The Morgan fingerprint density at radius 3 is 2.07 bits per heavy atom. The van der Waals surface area contributed by atoms with Crippen molar-refractivity contribution in [2.45, 2.75) is 25.6 Å². The fourth-order valence-corrected chi connectivity index (χ4v) is 1.18. The third kappa shape index (κ3) is 2.26. The fraction of sp³-hybridized carbons (Fsp3) is 0.833. The molecule has 0 spiro atoms. The first kappa shape index (κ1) is 11.9. The summed E-state index contributed by atoms with van der Waals surface area (Å²) in [6.07, 6.45) is -12.7. The number of alkyl halides is 6. The van der Waals surface area contributed by atoms with Crippen molar-refractivity contribution in [1.29, 1.82) is 0 Å². The molecule has 0 saturated heterocycles. The molecule has 1 atom stereocenters. The molecule has 1 heterocycles. The quantitative estimate of drug-likeness (QED) is 0.511. The Morgan fingerprint density at radius 2 is 1.73 bits per heavy atom. The van der Waals surface area contributed by atoms with Crippen LogP contribution in [0.1, 0.15) is 6.92 Å². The van der Waals surface area contributed by atoms with Gasteiger partial charge in [0.15, 0.2) is 0 Å². The molecule has 1 rings (SSSR count). The maximum Gasteiger partial charge on any atom is 0.487 e. The van der Waals surface area contributed by atoms with Crippen LogP contribution in [-0.2, 0) is 0 Å². The molecule has 1 aliphatic rings. The van der Waals surface area contributed by atoms with E-state index in [4.69, 9.17) is 0 Å². The van der Waals surface area contributed by atoms with Gasteiger partial charge < -0.3 is 0 Å². The van der Waals surface area contributed by atoms with Gasteiger partial charge in [0.2, 0.25) is 6.17 Å². The SMILES string of the molecule is CCN1N=CN(C(F)(F)F)C1C(F)(F)F. The molecule has 0 N–H and O–H groups in total. The molecule has 0 aromatic rings. The van der Waals surface area contributed by atoms with Crippen LogP contribution < -0.4 is 0 Å². The zero-order valence-electron chi connectivity index (χ0n) is 7.47. The second-order valence-corrected chi connectivity index (χ2v) is 2.78. The number of hydrogen-bond acceptors (Lipinski definition) is 3. The average molecular weight is 235 g/mol. The van der Waals surface area contributed by atoms with Gasteiger partial charge in [0.1, 0.15) is 6.34 Å². The normalized spacial score (nSPS) is 22.7. The predicted octanol–water partition coefficient (Wildman–Crippen LogP) is 1.98. The van der Waals surface area contributed by atoms with Crippen LogP contribution in [0.2, 0.25) is 0 Å². The van der Waals surface area contributed by atoms with E-state index < -0.39 is 23.5 Å². The van der Waals surface area contributed by atoms with Crippen LogP contribution in [0.4, 0.5) is 26.3 Å². The van der Waals surface area contributed by atoms with Gasteiger partial charge in [-0.2, -0.15) is 18.3 Å². The lowest BCUT2D eigenvalue weighted by Crippen LogP contribution is -2.55. The van der Waals surface area contributed by atoms with Crippen molar-refractivity contribution in [2.75, 3.05) is 6.54 Å². The maximum atomic E-state index is 12.3.